The van der Waals surface area contributed by atoms with E-state index in [1.807, 2.05) is 30.3 Å². The molecular formula is C19H20O4. The van der Waals surface area contributed by atoms with Gasteiger partial charge in [0.15, 0.2) is 0 Å². The standard InChI is InChI=1S/C19H20O4/c1-2-3-13-17(14-9-5-4-6-10-14)23-19(22)16-12-8-7-11-15(16)18(20)21/h4-12,17H,2-3,13H2,1H3,(H,20,21)/t17-/m0/s1. The molecular weight excluding hydrogens is 292 g/mol. The number of aromatic carboxylic acids is 1. The lowest BCUT2D eigenvalue weighted by Gasteiger charge is -2.18. The highest BCUT2D eigenvalue weighted by atomic mass is 16.5. The largest absolute Gasteiger partial charge is 0.478 e. The van der Waals surface area contributed by atoms with E-state index in [0.29, 0.717) is 6.42 Å². The Morgan fingerprint density at radius 2 is 1.61 bits per heavy atom. The third-order valence-corrected chi connectivity index (χ3v) is 3.62. The molecule has 2 rings (SSSR count). The number of carbonyl (C=O) groups is 2. The zero-order valence-electron chi connectivity index (χ0n) is 13.1. The van der Waals surface area contributed by atoms with Crippen LogP contribution in [0, 0.1) is 0 Å². The number of carboxylic acid groups (broad SMARTS) is 1. The number of ether oxygens (including phenoxy) is 1. The van der Waals surface area contributed by atoms with Crippen molar-refractivity contribution in [1.82, 2.24) is 0 Å². The number of carboxylic acids is 1. The summed E-state index contributed by atoms with van der Waals surface area (Å²) in [5, 5.41) is 9.20. The van der Waals surface area contributed by atoms with Crippen LogP contribution >= 0.6 is 0 Å². The Morgan fingerprint density at radius 1 is 1.00 bits per heavy atom. The van der Waals surface area contributed by atoms with Crippen molar-refractivity contribution in [2.24, 2.45) is 0 Å². The normalized spacial score (nSPS) is 11.7. The van der Waals surface area contributed by atoms with Gasteiger partial charge in [-0.15, -0.1) is 0 Å². The van der Waals surface area contributed by atoms with Gasteiger partial charge in [0.25, 0.3) is 0 Å². The first-order valence-electron chi connectivity index (χ1n) is 7.71. The molecule has 1 atom stereocenters. The van der Waals surface area contributed by atoms with Gasteiger partial charge in [-0.2, -0.15) is 0 Å². The zero-order valence-corrected chi connectivity index (χ0v) is 13.1. The number of esters is 1. The molecule has 0 unspecified atom stereocenters. The van der Waals surface area contributed by atoms with Crippen LogP contribution in [-0.2, 0) is 4.74 Å². The number of unbranched alkanes of at least 4 members (excludes halogenated alkanes) is 1. The summed E-state index contributed by atoms with van der Waals surface area (Å²) >= 11 is 0. The second-order valence-corrected chi connectivity index (χ2v) is 5.30. The van der Waals surface area contributed by atoms with Gasteiger partial charge in [0.2, 0.25) is 0 Å². The van der Waals surface area contributed by atoms with Gasteiger partial charge in [0.05, 0.1) is 11.1 Å². The van der Waals surface area contributed by atoms with E-state index in [2.05, 4.69) is 6.92 Å². The van der Waals surface area contributed by atoms with E-state index in [9.17, 15) is 14.7 Å². The number of hydrogen-bond donors (Lipinski definition) is 1. The van der Waals surface area contributed by atoms with Crippen molar-refractivity contribution in [2.45, 2.75) is 32.3 Å². The first kappa shape index (κ1) is 16.7. The Bertz CT molecular complexity index is 664. The molecule has 0 saturated carbocycles. The predicted octanol–water partition coefficient (Wildman–Crippen LogP) is 4.47. The minimum Gasteiger partial charge on any atom is -0.478 e. The Kier molecular flexibility index (Phi) is 5.92. The topological polar surface area (TPSA) is 63.6 Å². The fourth-order valence-corrected chi connectivity index (χ4v) is 2.39. The number of rotatable bonds is 7. The summed E-state index contributed by atoms with van der Waals surface area (Å²) in [6.07, 6.45) is 2.26. The average Bonchev–Trinajstić information content (AvgIpc) is 2.59. The van der Waals surface area contributed by atoms with E-state index >= 15 is 0 Å². The number of hydrogen-bond acceptors (Lipinski definition) is 3. The summed E-state index contributed by atoms with van der Waals surface area (Å²) in [5.41, 5.74) is 0.958. The molecule has 1 N–H and O–H groups in total. The van der Waals surface area contributed by atoms with Crippen LogP contribution in [0.25, 0.3) is 0 Å². The second-order valence-electron chi connectivity index (χ2n) is 5.30. The maximum atomic E-state index is 12.4. The van der Waals surface area contributed by atoms with Gasteiger partial charge < -0.3 is 9.84 Å². The molecule has 0 aliphatic carbocycles. The Hall–Kier alpha value is -2.62. The van der Waals surface area contributed by atoms with E-state index in [1.54, 1.807) is 12.1 Å². The van der Waals surface area contributed by atoms with Crippen LogP contribution in [0.1, 0.15) is 58.6 Å². The molecule has 0 heterocycles. The minimum atomic E-state index is -1.14. The summed E-state index contributed by atoms with van der Waals surface area (Å²) in [6.45, 7) is 2.07. The maximum absolute atomic E-state index is 12.4. The predicted molar refractivity (Wildman–Crippen MR) is 87.5 cm³/mol. The molecule has 2 aromatic carbocycles. The molecule has 0 spiro atoms. The van der Waals surface area contributed by atoms with Gasteiger partial charge in [-0.1, -0.05) is 55.8 Å². The van der Waals surface area contributed by atoms with Crippen molar-refractivity contribution in [2.75, 3.05) is 0 Å². The van der Waals surface area contributed by atoms with Crippen LogP contribution in [0.4, 0.5) is 0 Å². The highest BCUT2D eigenvalue weighted by Gasteiger charge is 2.21. The molecule has 0 aliphatic rings. The number of benzene rings is 2. The molecule has 4 nitrogen and oxygen atoms in total. The van der Waals surface area contributed by atoms with Crippen molar-refractivity contribution in [3.8, 4) is 0 Å². The monoisotopic (exact) mass is 312 g/mol. The first-order valence-corrected chi connectivity index (χ1v) is 7.71. The third kappa shape index (κ3) is 4.42. The van der Waals surface area contributed by atoms with Crippen LogP contribution in [0.3, 0.4) is 0 Å². The van der Waals surface area contributed by atoms with Crippen molar-refractivity contribution in [3.63, 3.8) is 0 Å². The van der Waals surface area contributed by atoms with Crippen molar-refractivity contribution >= 4 is 11.9 Å². The van der Waals surface area contributed by atoms with Crippen molar-refractivity contribution in [3.05, 3.63) is 71.3 Å². The van der Waals surface area contributed by atoms with Crippen molar-refractivity contribution in [1.29, 1.82) is 0 Å². The lowest BCUT2D eigenvalue weighted by Crippen LogP contribution is -2.15. The molecule has 0 bridgehead atoms. The quantitative estimate of drug-likeness (QED) is 0.766. The molecule has 0 aromatic heterocycles. The average molecular weight is 312 g/mol. The third-order valence-electron chi connectivity index (χ3n) is 3.62. The number of carbonyl (C=O) groups excluding carboxylic acids is 1. The summed E-state index contributed by atoms with van der Waals surface area (Å²) in [5.74, 6) is -1.74. The highest BCUT2D eigenvalue weighted by Crippen LogP contribution is 2.25. The van der Waals surface area contributed by atoms with E-state index in [1.165, 1.54) is 12.1 Å². The van der Waals surface area contributed by atoms with Crippen LogP contribution < -0.4 is 0 Å². The van der Waals surface area contributed by atoms with E-state index < -0.39 is 11.9 Å². The lowest BCUT2D eigenvalue weighted by atomic mass is 10.0. The Morgan fingerprint density at radius 3 is 2.22 bits per heavy atom. The molecule has 0 amide bonds. The van der Waals surface area contributed by atoms with Gasteiger partial charge in [-0.3, -0.25) is 0 Å². The zero-order chi connectivity index (χ0) is 16.7. The summed E-state index contributed by atoms with van der Waals surface area (Å²) in [6, 6.07) is 15.6. The van der Waals surface area contributed by atoms with Crippen molar-refractivity contribution < 1.29 is 19.4 Å². The van der Waals surface area contributed by atoms with Crippen LogP contribution in [0.15, 0.2) is 54.6 Å². The molecule has 4 heteroatoms. The molecule has 0 aliphatic heterocycles. The second kappa shape index (κ2) is 8.13. The first-order chi connectivity index (χ1) is 11.1. The van der Waals surface area contributed by atoms with Crippen LogP contribution in [0.2, 0.25) is 0 Å². The van der Waals surface area contributed by atoms with E-state index in [0.717, 1.165) is 18.4 Å². The highest BCUT2D eigenvalue weighted by molar-refractivity contribution is 6.02. The van der Waals surface area contributed by atoms with Crippen LogP contribution in [-0.4, -0.2) is 17.0 Å². The summed E-state index contributed by atoms with van der Waals surface area (Å²) in [4.78, 5) is 23.7. The van der Waals surface area contributed by atoms with Gasteiger partial charge >= 0.3 is 11.9 Å². The minimum absolute atomic E-state index is 0.0418. The molecule has 2 aromatic rings. The fourth-order valence-electron chi connectivity index (χ4n) is 2.39. The summed E-state index contributed by atoms with van der Waals surface area (Å²) < 4.78 is 5.61. The van der Waals surface area contributed by atoms with E-state index in [4.69, 9.17) is 4.74 Å². The Labute approximate surface area is 135 Å². The Balaban J connectivity index is 2.23. The smallest absolute Gasteiger partial charge is 0.339 e. The van der Waals surface area contributed by atoms with Gasteiger partial charge in [-0.05, 0) is 30.5 Å². The van der Waals surface area contributed by atoms with Gasteiger partial charge in [0, 0.05) is 0 Å². The van der Waals surface area contributed by atoms with E-state index in [-0.39, 0.29) is 17.2 Å². The van der Waals surface area contributed by atoms with Gasteiger partial charge in [0.1, 0.15) is 6.10 Å². The molecule has 0 radical (unpaired) electrons. The molecule has 0 saturated heterocycles. The molecule has 0 fully saturated rings. The lowest BCUT2D eigenvalue weighted by molar-refractivity contribution is 0.0266. The summed E-state index contributed by atoms with van der Waals surface area (Å²) in [7, 11) is 0. The van der Waals surface area contributed by atoms with Gasteiger partial charge in [-0.25, -0.2) is 9.59 Å². The fraction of sp³-hybridized carbons (Fsp3) is 0.263. The molecule has 120 valence electrons. The van der Waals surface area contributed by atoms with Crippen LogP contribution in [0.5, 0.6) is 0 Å². The maximum Gasteiger partial charge on any atom is 0.339 e. The molecule has 23 heavy (non-hydrogen) atoms. The SMILES string of the molecule is CCCC[C@H](OC(=O)c1ccccc1C(=O)O)c1ccccc1.